The van der Waals surface area contributed by atoms with Crippen LogP contribution in [0, 0.1) is 0 Å². The smallest absolute Gasteiger partial charge is 0.406 e. The normalized spacial score (nSPS) is 13.8. The summed E-state index contributed by atoms with van der Waals surface area (Å²) in [5, 5.41) is 3.21. The summed E-state index contributed by atoms with van der Waals surface area (Å²) in [5.74, 6) is 1.15. The van der Waals surface area contributed by atoms with Gasteiger partial charge in [0.05, 0.1) is 0 Å². The van der Waals surface area contributed by atoms with Crippen LogP contribution < -0.4 is 15.0 Å². The third kappa shape index (κ3) is 4.33. The number of fused-ring (bicyclic) bond motifs is 1. The molecule has 0 aliphatic carbocycles. The maximum absolute atomic E-state index is 12.5. The summed E-state index contributed by atoms with van der Waals surface area (Å²) < 4.78 is 41.5. The molecule has 1 N–H and O–H groups in total. The van der Waals surface area contributed by atoms with E-state index in [1.165, 1.54) is 18.5 Å². The van der Waals surface area contributed by atoms with Crippen LogP contribution in [-0.4, -0.2) is 22.9 Å². The van der Waals surface area contributed by atoms with Crippen LogP contribution in [0.5, 0.6) is 5.75 Å². The number of halogens is 3. The second kappa shape index (κ2) is 7.38. The maximum Gasteiger partial charge on any atom is 0.573 e. The molecular weight excluding hydrogens is 369 g/mol. The molecule has 0 saturated heterocycles. The fourth-order valence-corrected chi connectivity index (χ4v) is 3.18. The molecule has 0 fully saturated rings. The van der Waals surface area contributed by atoms with Gasteiger partial charge in [0.15, 0.2) is 0 Å². The lowest BCUT2D eigenvalue weighted by Gasteiger charge is -2.30. The van der Waals surface area contributed by atoms with Gasteiger partial charge in [-0.2, -0.15) is 0 Å². The summed E-state index contributed by atoms with van der Waals surface area (Å²) in [6, 6.07) is 16.0. The van der Waals surface area contributed by atoms with Gasteiger partial charge in [-0.15, -0.1) is 13.2 Å². The number of hydrogen-bond acceptors (Lipinski definition) is 5. The van der Waals surface area contributed by atoms with Crippen molar-refractivity contribution in [3.63, 3.8) is 0 Å². The van der Waals surface area contributed by atoms with Crippen LogP contribution in [-0.2, 0) is 13.0 Å². The van der Waals surface area contributed by atoms with Crippen LogP contribution in [0.4, 0.5) is 30.5 Å². The van der Waals surface area contributed by atoms with Gasteiger partial charge < -0.3 is 15.0 Å². The third-order valence-corrected chi connectivity index (χ3v) is 4.45. The second-order valence-electron chi connectivity index (χ2n) is 6.40. The Hall–Kier alpha value is -3.29. The lowest BCUT2D eigenvalue weighted by Crippen LogP contribution is -2.31. The minimum atomic E-state index is -4.70. The number of aromatic nitrogens is 2. The average Bonchev–Trinajstić information content (AvgIpc) is 2.67. The van der Waals surface area contributed by atoms with E-state index in [2.05, 4.69) is 20.0 Å². The number of anilines is 3. The van der Waals surface area contributed by atoms with Crippen LogP contribution in [0.15, 0.2) is 60.9 Å². The van der Waals surface area contributed by atoms with Crippen molar-refractivity contribution < 1.29 is 17.9 Å². The number of rotatable bonds is 4. The first-order valence-electron chi connectivity index (χ1n) is 8.73. The van der Waals surface area contributed by atoms with Crippen molar-refractivity contribution >= 4 is 17.3 Å². The molecule has 0 saturated carbocycles. The molecular formula is C20H17F3N4O. The van der Waals surface area contributed by atoms with Crippen molar-refractivity contribution in [2.75, 3.05) is 16.8 Å². The molecule has 4 rings (SSSR count). The van der Waals surface area contributed by atoms with Gasteiger partial charge in [-0.25, -0.2) is 9.97 Å². The molecule has 1 aromatic heterocycles. The number of para-hydroxylation sites is 1. The molecule has 0 amide bonds. The summed E-state index contributed by atoms with van der Waals surface area (Å²) >= 11 is 0. The molecule has 144 valence electrons. The average molecular weight is 386 g/mol. The van der Waals surface area contributed by atoms with E-state index in [1.54, 1.807) is 6.07 Å². The topological polar surface area (TPSA) is 50.3 Å². The minimum Gasteiger partial charge on any atom is -0.406 e. The first-order chi connectivity index (χ1) is 13.5. The summed E-state index contributed by atoms with van der Waals surface area (Å²) in [6.45, 7) is 1.17. The van der Waals surface area contributed by atoms with E-state index in [4.69, 9.17) is 0 Å². The molecule has 28 heavy (non-hydrogen) atoms. The summed E-state index contributed by atoms with van der Waals surface area (Å²) in [6.07, 6.45) is -2.51. The highest BCUT2D eigenvalue weighted by molar-refractivity contribution is 5.59. The highest BCUT2D eigenvalue weighted by Gasteiger charge is 2.31. The van der Waals surface area contributed by atoms with Gasteiger partial charge >= 0.3 is 6.36 Å². The highest BCUT2D eigenvalue weighted by atomic mass is 19.4. The molecule has 2 aromatic carbocycles. The monoisotopic (exact) mass is 386 g/mol. The van der Waals surface area contributed by atoms with Gasteiger partial charge in [0.25, 0.3) is 0 Å². The minimum absolute atomic E-state index is 0.206. The number of benzene rings is 2. The predicted octanol–water partition coefficient (Wildman–Crippen LogP) is 4.68. The van der Waals surface area contributed by atoms with E-state index in [0.29, 0.717) is 31.1 Å². The van der Waals surface area contributed by atoms with Crippen LogP contribution in [0.25, 0.3) is 0 Å². The van der Waals surface area contributed by atoms with Gasteiger partial charge in [0.1, 0.15) is 23.7 Å². The lowest BCUT2D eigenvalue weighted by atomic mass is 9.99. The predicted molar refractivity (Wildman–Crippen MR) is 99.6 cm³/mol. The Morgan fingerprint density at radius 3 is 2.57 bits per heavy atom. The number of nitrogens with zero attached hydrogens (tertiary/aromatic N) is 3. The molecule has 3 aromatic rings. The lowest BCUT2D eigenvalue weighted by molar-refractivity contribution is -0.274. The molecule has 5 nitrogen and oxygen atoms in total. The molecule has 1 aliphatic heterocycles. The Labute approximate surface area is 159 Å². The van der Waals surface area contributed by atoms with E-state index in [-0.39, 0.29) is 5.75 Å². The molecule has 2 heterocycles. The van der Waals surface area contributed by atoms with Gasteiger partial charge in [-0.1, -0.05) is 24.3 Å². The third-order valence-electron chi connectivity index (χ3n) is 4.45. The van der Waals surface area contributed by atoms with E-state index in [1.807, 2.05) is 41.3 Å². The van der Waals surface area contributed by atoms with Crippen LogP contribution >= 0.6 is 0 Å². The first-order valence-corrected chi connectivity index (χ1v) is 8.73. The zero-order chi connectivity index (χ0) is 19.6. The highest BCUT2D eigenvalue weighted by Crippen LogP contribution is 2.30. The molecule has 1 aliphatic rings. The Morgan fingerprint density at radius 2 is 1.79 bits per heavy atom. The Bertz CT molecular complexity index is 963. The van der Waals surface area contributed by atoms with Crippen molar-refractivity contribution in [3.05, 3.63) is 72.1 Å². The van der Waals surface area contributed by atoms with E-state index in [9.17, 15) is 13.2 Å². The van der Waals surface area contributed by atoms with Crippen molar-refractivity contribution in [2.45, 2.75) is 19.3 Å². The second-order valence-corrected chi connectivity index (χ2v) is 6.40. The van der Waals surface area contributed by atoms with Gasteiger partial charge in [0.2, 0.25) is 0 Å². The molecule has 0 radical (unpaired) electrons. The summed E-state index contributed by atoms with van der Waals surface area (Å²) in [4.78, 5) is 10.6. The fourth-order valence-electron chi connectivity index (χ4n) is 3.18. The van der Waals surface area contributed by atoms with E-state index < -0.39 is 6.36 Å². The number of alkyl halides is 3. The zero-order valence-electron chi connectivity index (χ0n) is 14.8. The van der Waals surface area contributed by atoms with Crippen LogP contribution in [0.3, 0.4) is 0 Å². The van der Waals surface area contributed by atoms with Crippen molar-refractivity contribution in [1.82, 2.24) is 9.97 Å². The largest absolute Gasteiger partial charge is 0.573 e. The van der Waals surface area contributed by atoms with Crippen molar-refractivity contribution in [2.24, 2.45) is 0 Å². The number of hydrogen-bond donors (Lipinski definition) is 1. The maximum atomic E-state index is 12.5. The van der Waals surface area contributed by atoms with E-state index >= 15 is 0 Å². The van der Waals surface area contributed by atoms with Crippen LogP contribution in [0.2, 0.25) is 0 Å². The standard InChI is InChI=1S/C20H17F3N4O/c21-20(22,23)28-17-7-6-14-8-9-27(12-15(14)10-17)19-11-18(24-13-25-19)26-16-4-2-1-3-5-16/h1-7,10-11,13H,8-9,12H2,(H,24,25,26). The number of ether oxygens (including phenoxy) is 1. The first kappa shape index (κ1) is 18.1. The van der Waals surface area contributed by atoms with Gasteiger partial charge in [0, 0.05) is 24.8 Å². The SMILES string of the molecule is FC(F)(F)Oc1ccc2c(c1)CN(c1cc(Nc3ccccc3)ncn1)CC2. The Kier molecular flexibility index (Phi) is 4.77. The fraction of sp³-hybridized carbons (Fsp3) is 0.200. The molecule has 0 spiro atoms. The quantitative estimate of drug-likeness (QED) is 0.706. The van der Waals surface area contributed by atoms with Crippen LogP contribution in [0.1, 0.15) is 11.1 Å². The van der Waals surface area contributed by atoms with Gasteiger partial charge in [-0.3, -0.25) is 0 Å². The molecule has 0 bridgehead atoms. The Balaban J connectivity index is 1.52. The Morgan fingerprint density at radius 1 is 0.964 bits per heavy atom. The summed E-state index contributed by atoms with van der Waals surface area (Å²) in [7, 11) is 0. The zero-order valence-corrected chi connectivity index (χ0v) is 14.8. The van der Waals surface area contributed by atoms with Crippen molar-refractivity contribution in [3.8, 4) is 5.75 Å². The van der Waals surface area contributed by atoms with E-state index in [0.717, 1.165) is 16.8 Å². The van der Waals surface area contributed by atoms with Crippen molar-refractivity contribution in [1.29, 1.82) is 0 Å². The van der Waals surface area contributed by atoms with Gasteiger partial charge in [-0.05, 0) is 41.8 Å². The molecule has 0 atom stereocenters. The summed E-state index contributed by atoms with van der Waals surface area (Å²) in [5.41, 5.74) is 2.72. The molecule has 0 unspecified atom stereocenters. The molecule has 8 heteroatoms. The number of nitrogens with one attached hydrogen (secondary N) is 1.